The van der Waals surface area contributed by atoms with Crippen molar-refractivity contribution in [1.82, 2.24) is 4.98 Å². The third kappa shape index (κ3) is 5.20. The van der Waals surface area contributed by atoms with E-state index in [1.807, 2.05) is 50.2 Å². The summed E-state index contributed by atoms with van der Waals surface area (Å²) in [6.07, 6.45) is 0.705. The molecule has 3 aromatic rings. The molecule has 0 N–H and O–H groups in total. The molecule has 6 heteroatoms. The molecule has 1 heterocycles. The summed E-state index contributed by atoms with van der Waals surface area (Å²) in [6.45, 7) is 3.75. The van der Waals surface area contributed by atoms with Crippen molar-refractivity contribution in [3.63, 3.8) is 0 Å². The van der Waals surface area contributed by atoms with Crippen molar-refractivity contribution in [3.8, 4) is 11.1 Å². The normalized spacial score (nSPS) is 10.7. The number of benzene rings is 2. The first-order valence-electron chi connectivity index (χ1n) is 10.1. The number of halogens is 2. The molecule has 0 bridgehead atoms. The molecule has 1 amide bonds. The zero-order valence-electron chi connectivity index (χ0n) is 17.8. The van der Waals surface area contributed by atoms with Gasteiger partial charge in [-0.2, -0.15) is 13.8 Å². The van der Waals surface area contributed by atoms with Gasteiger partial charge >= 0.3 is 0 Å². The zero-order chi connectivity index (χ0) is 22.5. The number of anilines is 1. The number of ketones is 1. The molecule has 3 rings (SSSR count). The molecule has 0 atom stereocenters. The van der Waals surface area contributed by atoms with E-state index in [0.717, 1.165) is 28.4 Å². The van der Waals surface area contributed by atoms with Crippen LogP contribution in [0.5, 0.6) is 0 Å². The number of aryl methyl sites for hydroxylation is 2. The molecule has 0 saturated heterocycles. The first kappa shape index (κ1) is 22.3. The van der Waals surface area contributed by atoms with Gasteiger partial charge in [-0.1, -0.05) is 31.2 Å². The molecule has 0 aliphatic carbocycles. The van der Waals surface area contributed by atoms with Gasteiger partial charge in [-0.05, 0) is 60.4 Å². The quantitative estimate of drug-likeness (QED) is 0.372. The van der Waals surface area contributed by atoms with Crippen LogP contribution in [0.3, 0.4) is 0 Å². The van der Waals surface area contributed by atoms with Crippen molar-refractivity contribution in [2.24, 2.45) is 0 Å². The van der Waals surface area contributed by atoms with Crippen LogP contribution >= 0.6 is 0 Å². The molecule has 160 valence electrons. The summed E-state index contributed by atoms with van der Waals surface area (Å²) in [7, 11) is 1.75. The lowest BCUT2D eigenvalue weighted by Crippen LogP contribution is -2.24. The molecule has 0 saturated carbocycles. The van der Waals surface area contributed by atoms with Crippen LogP contribution in [0.2, 0.25) is 0 Å². The molecule has 2 aromatic carbocycles. The highest BCUT2D eigenvalue weighted by Gasteiger charge is 2.13. The van der Waals surface area contributed by atoms with E-state index in [2.05, 4.69) is 4.98 Å². The Balaban J connectivity index is 1.72. The van der Waals surface area contributed by atoms with Gasteiger partial charge in [-0.25, -0.2) is 0 Å². The Kier molecular flexibility index (Phi) is 6.90. The van der Waals surface area contributed by atoms with Crippen LogP contribution in [0.1, 0.15) is 41.3 Å². The minimum atomic E-state index is -0.881. The molecule has 0 aliphatic heterocycles. The van der Waals surface area contributed by atoms with Crippen LogP contribution in [0.25, 0.3) is 11.1 Å². The predicted molar refractivity (Wildman–Crippen MR) is 117 cm³/mol. The fraction of sp³-hybridized carbons (Fsp3) is 0.240. The van der Waals surface area contributed by atoms with Crippen LogP contribution in [-0.2, 0) is 11.2 Å². The maximum Gasteiger partial charge on any atom is 0.226 e. The number of nitrogens with zero attached hydrogens (tertiary/aromatic N) is 2. The monoisotopic (exact) mass is 422 g/mol. The molecule has 0 unspecified atom stereocenters. The Labute approximate surface area is 180 Å². The number of hydrogen-bond acceptors (Lipinski definition) is 3. The van der Waals surface area contributed by atoms with E-state index in [9.17, 15) is 18.4 Å². The maximum atomic E-state index is 13.7. The molecular formula is C25H24F2N2O2. The number of carbonyl (C=O) groups excluding carboxylic acids is 2. The Hall–Kier alpha value is -3.41. The Morgan fingerprint density at radius 1 is 1.00 bits per heavy atom. The number of carbonyl (C=O) groups is 2. The molecular weight excluding hydrogens is 398 g/mol. The van der Waals surface area contributed by atoms with Gasteiger partial charge in [-0.3, -0.25) is 9.59 Å². The van der Waals surface area contributed by atoms with Crippen LogP contribution in [0, 0.1) is 18.8 Å². The molecule has 4 nitrogen and oxygen atoms in total. The number of aromatic nitrogens is 1. The van der Waals surface area contributed by atoms with Gasteiger partial charge in [0.15, 0.2) is 5.78 Å². The number of hydrogen-bond donors (Lipinski definition) is 0. The van der Waals surface area contributed by atoms with Gasteiger partial charge in [0.2, 0.25) is 17.8 Å². The van der Waals surface area contributed by atoms with E-state index < -0.39 is 11.9 Å². The summed E-state index contributed by atoms with van der Waals surface area (Å²) in [5.41, 5.74) is 4.49. The number of rotatable bonds is 7. The third-order valence-electron chi connectivity index (χ3n) is 5.30. The second kappa shape index (κ2) is 9.60. The minimum Gasteiger partial charge on any atom is -0.316 e. The van der Waals surface area contributed by atoms with Gasteiger partial charge in [0, 0.05) is 36.7 Å². The average molecular weight is 422 g/mol. The zero-order valence-corrected chi connectivity index (χ0v) is 17.8. The lowest BCUT2D eigenvalue weighted by atomic mass is 9.95. The van der Waals surface area contributed by atoms with Crippen LogP contribution in [0.4, 0.5) is 14.5 Å². The first-order valence-corrected chi connectivity index (χ1v) is 10.1. The molecule has 0 radical (unpaired) electrons. The van der Waals surface area contributed by atoms with E-state index in [4.69, 9.17) is 0 Å². The largest absolute Gasteiger partial charge is 0.316 e. The summed E-state index contributed by atoms with van der Waals surface area (Å²) < 4.78 is 26.6. The lowest BCUT2D eigenvalue weighted by Gasteiger charge is -2.17. The van der Waals surface area contributed by atoms with Gasteiger partial charge in [-0.15, -0.1) is 0 Å². The lowest BCUT2D eigenvalue weighted by molar-refractivity contribution is -0.118. The van der Waals surface area contributed by atoms with Crippen molar-refractivity contribution in [2.75, 3.05) is 11.9 Å². The molecule has 0 fully saturated rings. The van der Waals surface area contributed by atoms with E-state index in [-0.39, 0.29) is 30.1 Å². The summed E-state index contributed by atoms with van der Waals surface area (Å²) in [5.74, 6) is -1.83. The van der Waals surface area contributed by atoms with Gasteiger partial charge in [0.05, 0.1) is 0 Å². The van der Waals surface area contributed by atoms with E-state index in [1.165, 1.54) is 6.07 Å². The van der Waals surface area contributed by atoms with Crippen LogP contribution in [0.15, 0.2) is 54.6 Å². The van der Waals surface area contributed by atoms with Crippen LogP contribution < -0.4 is 4.90 Å². The van der Waals surface area contributed by atoms with Crippen molar-refractivity contribution in [2.45, 2.75) is 33.1 Å². The predicted octanol–water partition coefficient (Wildman–Crippen LogP) is 5.52. The highest BCUT2D eigenvalue weighted by molar-refractivity contribution is 5.97. The smallest absolute Gasteiger partial charge is 0.226 e. The Bertz CT molecular complexity index is 1110. The number of Topliss-reactive ketones (excluding diaryl/α,β-unsaturated/α-hetero) is 1. The average Bonchev–Trinajstić information content (AvgIpc) is 2.77. The summed E-state index contributed by atoms with van der Waals surface area (Å²) >= 11 is 0. The van der Waals surface area contributed by atoms with Gasteiger partial charge in [0.25, 0.3) is 0 Å². The van der Waals surface area contributed by atoms with E-state index >= 15 is 0 Å². The van der Waals surface area contributed by atoms with Gasteiger partial charge in [0.1, 0.15) is 0 Å². The second-order valence-corrected chi connectivity index (χ2v) is 7.39. The first-order chi connectivity index (χ1) is 14.8. The summed E-state index contributed by atoms with van der Waals surface area (Å²) in [4.78, 5) is 29.2. The standard InChI is InChI=1S/C25H24F2N2O2/c1-4-24(31)29(3)20-10-5-17(6-11-20)21-12-7-19(15-16(21)2)22(30)13-8-18-9-14-23(26)28-25(18)27/h5-7,9-12,14-15H,4,8,13H2,1-3H3. The molecule has 1 aromatic heterocycles. The second-order valence-electron chi connectivity index (χ2n) is 7.39. The fourth-order valence-corrected chi connectivity index (χ4v) is 3.43. The van der Waals surface area contributed by atoms with Crippen molar-refractivity contribution in [3.05, 3.63) is 83.2 Å². The molecule has 0 spiro atoms. The Morgan fingerprint density at radius 3 is 2.32 bits per heavy atom. The van der Waals surface area contributed by atoms with E-state index in [0.29, 0.717) is 12.0 Å². The maximum absolute atomic E-state index is 13.7. The van der Waals surface area contributed by atoms with E-state index in [1.54, 1.807) is 18.0 Å². The highest BCUT2D eigenvalue weighted by Crippen LogP contribution is 2.27. The highest BCUT2D eigenvalue weighted by atomic mass is 19.1. The SMILES string of the molecule is CCC(=O)N(C)c1ccc(-c2ccc(C(=O)CCc3ccc(F)nc3F)cc2C)cc1. The third-order valence-corrected chi connectivity index (χ3v) is 5.30. The fourth-order valence-electron chi connectivity index (χ4n) is 3.43. The van der Waals surface area contributed by atoms with Crippen molar-refractivity contribution >= 4 is 17.4 Å². The number of pyridine rings is 1. The topological polar surface area (TPSA) is 50.3 Å². The molecule has 31 heavy (non-hydrogen) atoms. The minimum absolute atomic E-state index is 0.0445. The Morgan fingerprint density at radius 2 is 1.71 bits per heavy atom. The summed E-state index contributed by atoms with van der Waals surface area (Å²) in [6, 6.07) is 15.5. The van der Waals surface area contributed by atoms with Gasteiger partial charge < -0.3 is 4.90 Å². The van der Waals surface area contributed by atoms with Crippen molar-refractivity contribution in [1.29, 1.82) is 0 Å². The number of amides is 1. The molecule has 0 aliphatic rings. The van der Waals surface area contributed by atoms with Crippen LogP contribution in [-0.4, -0.2) is 23.7 Å². The summed E-state index contributed by atoms with van der Waals surface area (Å²) in [5, 5.41) is 0. The van der Waals surface area contributed by atoms with Crippen molar-refractivity contribution < 1.29 is 18.4 Å².